The van der Waals surface area contributed by atoms with Crippen molar-refractivity contribution < 1.29 is 28.8 Å². The third-order valence-corrected chi connectivity index (χ3v) is 7.89. The minimum atomic E-state index is -0.807. The van der Waals surface area contributed by atoms with Crippen molar-refractivity contribution in [2.45, 2.75) is 119 Å². The van der Waals surface area contributed by atoms with E-state index in [2.05, 4.69) is 0 Å². The van der Waals surface area contributed by atoms with Crippen molar-refractivity contribution in [1.29, 1.82) is 0 Å². The average Bonchev–Trinajstić information content (AvgIpc) is 3.34. The molecule has 3 aliphatic carbocycles. The number of benzene rings is 1. The molecule has 2 saturated heterocycles. The SMILES string of the molecule is O[C@@H]1[C@H]2OC3(CCCCC3)O[C@H]2[C@H]2OC3(CCCCC3)O[C@H]2[C@H]1OCc1ccccc1. The summed E-state index contributed by atoms with van der Waals surface area (Å²) >= 11 is 0. The van der Waals surface area contributed by atoms with Crippen LogP contribution in [-0.4, -0.2) is 53.3 Å². The largest absolute Gasteiger partial charge is 0.387 e. The van der Waals surface area contributed by atoms with Crippen molar-refractivity contribution >= 4 is 0 Å². The third kappa shape index (κ3) is 3.65. The van der Waals surface area contributed by atoms with Crippen LogP contribution in [0, 0.1) is 0 Å². The maximum atomic E-state index is 11.4. The molecule has 6 nitrogen and oxygen atoms in total. The van der Waals surface area contributed by atoms with E-state index in [0.29, 0.717) is 6.61 Å². The first-order chi connectivity index (χ1) is 15.2. The average molecular weight is 431 g/mol. The van der Waals surface area contributed by atoms with E-state index >= 15 is 0 Å². The van der Waals surface area contributed by atoms with Gasteiger partial charge in [-0.05, 0) is 31.2 Å². The Labute approximate surface area is 184 Å². The molecule has 0 bridgehead atoms. The number of aliphatic hydroxyl groups is 1. The van der Waals surface area contributed by atoms with Gasteiger partial charge in [-0.2, -0.15) is 0 Å². The highest BCUT2D eigenvalue weighted by Crippen LogP contribution is 2.51. The van der Waals surface area contributed by atoms with E-state index in [1.54, 1.807) is 0 Å². The third-order valence-electron chi connectivity index (χ3n) is 7.89. The second-order valence-corrected chi connectivity index (χ2v) is 10.0. The van der Waals surface area contributed by atoms with Gasteiger partial charge in [0.15, 0.2) is 11.6 Å². The van der Waals surface area contributed by atoms with E-state index in [4.69, 9.17) is 23.7 Å². The van der Waals surface area contributed by atoms with Crippen molar-refractivity contribution in [1.82, 2.24) is 0 Å². The molecule has 2 spiro atoms. The van der Waals surface area contributed by atoms with Gasteiger partial charge in [0.1, 0.15) is 36.6 Å². The Morgan fingerprint density at radius 3 is 1.84 bits per heavy atom. The van der Waals surface area contributed by atoms with Crippen molar-refractivity contribution in [3.8, 4) is 0 Å². The van der Waals surface area contributed by atoms with Crippen LogP contribution in [0.4, 0.5) is 0 Å². The van der Waals surface area contributed by atoms with E-state index in [9.17, 15) is 5.11 Å². The lowest BCUT2D eigenvalue weighted by Crippen LogP contribution is -2.62. The van der Waals surface area contributed by atoms with Crippen LogP contribution in [-0.2, 0) is 30.3 Å². The molecule has 0 aromatic heterocycles. The summed E-state index contributed by atoms with van der Waals surface area (Å²) in [6.45, 7) is 0.422. The van der Waals surface area contributed by atoms with Gasteiger partial charge in [-0.1, -0.05) is 43.2 Å². The molecule has 31 heavy (non-hydrogen) atoms. The highest BCUT2D eigenvalue weighted by molar-refractivity contribution is 5.14. The van der Waals surface area contributed by atoms with Crippen LogP contribution in [0.5, 0.6) is 0 Å². The summed E-state index contributed by atoms with van der Waals surface area (Å²) in [6, 6.07) is 10.1. The normalized spacial score (nSPS) is 40.7. The number of aliphatic hydroxyl groups excluding tert-OH is 1. The van der Waals surface area contributed by atoms with Gasteiger partial charge in [-0.25, -0.2) is 0 Å². The topological polar surface area (TPSA) is 66.4 Å². The van der Waals surface area contributed by atoms with Crippen LogP contribution in [0.15, 0.2) is 30.3 Å². The minimum absolute atomic E-state index is 0.270. The molecule has 1 aromatic rings. The lowest BCUT2D eigenvalue weighted by atomic mass is 9.85. The Bertz CT molecular complexity index is 757. The zero-order valence-corrected chi connectivity index (χ0v) is 18.1. The van der Waals surface area contributed by atoms with Crippen LogP contribution in [0.3, 0.4) is 0 Å². The molecular weight excluding hydrogens is 396 g/mol. The molecular formula is C25H34O6. The maximum absolute atomic E-state index is 11.4. The Morgan fingerprint density at radius 2 is 1.23 bits per heavy atom. The highest BCUT2D eigenvalue weighted by atomic mass is 16.8. The fraction of sp³-hybridized carbons (Fsp3) is 0.760. The number of fused-ring (bicyclic) bond motifs is 3. The Morgan fingerprint density at radius 1 is 0.710 bits per heavy atom. The van der Waals surface area contributed by atoms with Gasteiger partial charge >= 0.3 is 0 Å². The van der Waals surface area contributed by atoms with Crippen LogP contribution in [0.2, 0.25) is 0 Å². The van der Waals surface area contributed by atoms with Gasteiger partial charge in [0.25, 0.3) is 0 Å². The predicted octanol–water partition coefficient (Wildman–Crippen LogP) is 3.84. The summed E-state index contributed by atoms with van der Waals surface area (Å²) in [4.78, 5) is 0. The lowest BCUT2D eigenvalue weighted by Gasteiger charge is -2.40. The van der Waals surface area contributed by atoms with Crippen LogP contribution in [0.1, 0.15) is 69.8 Å². The zero-order chi connectivity index (χ0) is 20.9. The van der Waals surface area contributed by atoms with E-state index < -0.39 is 29.9 Å². The molecule has 6 heteroatoms. The van der Waals surface area contributed by atoms with Crippen molar-refractivity contribution in [2.75, 3.05) is 0 Å². The highest BCUT2D eigenvalue weighted by Gasteiger charge is 2.66. The number of ether oxygens (including phenoxy) is 5. The summed E-state index contributed by atoms with van der Waals surface area (Å²) in [7, 11) is 0. The molecule has 5 aliphatic rings. The second kappa shape index (κ2) is 8.08. The number of hydrogen-bond acceptors (Lipinski definition) is 6. The quantitative estimate of drug-likeness (QED) is 0.786. The van der Waals surface area contributed by atoms with E-state index in [0.717, 1.165) is 56.9 Å². The summed E-state index contributed by atoms with van der Waals surface area (Å²) in [6.07, 6.45) is 7.70. The standard InChI is InChI=1S/C25H34O6/c26-18-19(27-16-17-10-4-1-5-11-17)21-23(31-25(29-21)14-8-3-9-15-25)22-20(18)28-24(30-22)12-6-2-7-13-24/h1,4-5,10-11,18-23,26H,2-3,6-9,12-16H2/t18-,19-,20+,21-,22+,23-/m0/s1. The molecule has 1 N–H and O–H groups in total. The van der Waals surface area contributed by atoms with Crippen LogP contribution in [0.25, 0.3) is 0 Å². The maximum Gasteiger partial charge on any atom is 0.169 e. The van der Waals surface area contributed by atoms with Crippen molar-refractivity contribution in [2.24, 2.45) is 0 Å². The first kappa shape index (κ1) is 20.6. The monoisotopic (exact) mass is 430 g/mol. The number of hydrogen-bond donors (Lipinski definition) is 1. The van der Waals surface area contributed by atoms with E-state index in [1.807, 2.05) is 30.3 Å². The van der Waals surface area contributed by atoms with Gasteiger partial charge in [0.2, 0.25) is 0 Å². The van der Waals surface area contributed by atoms with Crippen molar-refractivity contribution in [3.05, 3.63) is 35.9 Å². The fourth-order valence-electron chi connectivity index (χ4n) is 6.34. The van der Waals surface area contributed by atoms with E-state index in [-0.39, 0.29) is 18.3 Å². The zero-order valence-electron chi connectivity index (χ0n) is 18.1. The molecule has 170 valence electrons. The second-order valence-electron chi connectivity index (χ2n) is 10.0. The molecule has 0 unspecified atom stereocenters. The van der Waals surface area contributed by atoms with Gasteiger partial charge in [0, 0.05) is 25.7 Å². The molecule has 0 radical (unpaired) electrons. The van der Waals surface area contributed by atoms with Crippen LogP contribution >= 0.6 is 0 Å². The molecule has 2 aliphatic heterocycles. The predicted molar refractivity (Wildman–Crippen MR) is 112 cm³/mol. The molecule has 6 rings (SSSR count). The molecule has 2 heterocycles. The molecule has 6 atom stereocenters. The molecule has 5 fully saturated rings. The summed E-state index contributed by atoms with van der Waals surface area (Å²) < 4.78 is 32.6. The van der Waals surface area contributed by atoms with Gasteiger partial charge in [0.05, 0.1) is 6.61 Å². The first-order valence-electron chi connectivity index (χ1n) is 12.2. The minimum Gasteiger partial charge on any atom is -0.387 e. The number of rotatable bonds is 3. The van der Waals surface area contributed by atoms with Gasteiger partial charge in [-0.15, -0.1) is 0 Å². The molecule has 1 aromatic carbocycles. The fourth-order valence-corrected chi connectivity index (χ4v) is 6.34. The van der Waals surface area contributed by atoms with E-state index in [1.165, 1.54) is 12.8 Å². The first-order valence-corrected chi connectivity index (χ1v) is 12.2. The lowest BCUT2D eigenvalue weighted by molar-refractivity contribution is -0.227. The summed E-state index contributed by atoms with van der Waals surface area (Å²) in [5.74, 6) is -1.15. The van der Waals surface area contributed by atoms with Gasteiger partial charge < -0.3 is 28.8 Å². The smallest absolute Gasteiger partial charge is 0.169 e. The summed E-state index contributed by atoms with van der Waals surface area (Å²) in [5, 5.41) is 11.4. The Hall–Kier alpha value is -1.02. The summed E-state index contributed by atoms with van der Waals surface area (Å²) in [5.41, 5.74) is 1.08. The van der Waals surface area contributed by atoms with Gasteiger partial charge in [-0.3, -0.25) is 0 Å². The Kier molecular flexibility index (Phi) is 5.37. The molecule has 0 amide bonds. The molecule has 3 saturated carbocycles. The van der Waals surface area contributed by atoms with Crippen molar-refractivity contribution in [3.63, 3.8) is 0 Å². The Balaban J connectivity index is 1.28. The van der Waals surface area contributed by atoms with Crippen LogP contribution < -0.4 is 0 Å².